The summed E-state index contributed by atoms with van der Waals surface area (Å²) < 4.78 is 0. The van der Waals surface area contributed by atoms with Gasteiger partial charge in [0, 0.05) is 12.2 Å². The number of aryl methyl sites for hydroxylation is 1. The van der Waals surface area contributed by atoms with E-state index >= 15 is 0 Å². The van der Waals surface area contributed by atoms with Crippen molar-refractivity contribution in [2.75, 3.05) is 19.4 Å². The van der Waals surface area contributed by atoms with Gasteiger partial charge in [-0.25, -0.2) is 0 Å². The van der Waals surface area contributed by atoms with Crippen LogP contribution in [0.1, 0.15) is 36.1 Å². The van der Waals surface area contributed by atoms with Crippen molar-refractivity contribution < 1.29 is 0 Å². The summed E-state index contributed by atoms with van der Waals surface area (Å²) >= 11 is 0. The molecule has 0 fully saturated rings. The number of benzene rings is 2. The van der Waals surface area contributed by atoms with Crippen LogP contribution in [-0.4, -0.2) is 19.0 Å². The van der Waals surface area contributed by atoms with Crippen molar-refractivity contribution in [3.8, 4) is 0 Å². The van der Waals surface area contributed by atoms with Gasteiger partial charge in [0.05, 0.1) is 6.04 Å². The van der Waals surface area contributed by atoms with Gasteiger partial charge >= 0.3 is 0 Å². The Morgan fingerprint density at radius 1 is 1.00 bits per heavy atom. The average Bonchev–Trinajstić information content (AvgIpc) is 2.47. The number of hydrogen-bond acceptors (Lipinski definition) is 2. The molecule has 2 heteroatoms. The second-order valence-electron chi connectivity index (χ2n) is 5.91. The molecule has 112 valence electrons. The zero-order chi connectivity index (χ0) is 15.2. The van der Waals surface area contributed by atoms with Gasteiger partial charge in [-0.1, -0.05) is 55.0 Å². The Morgan fingerprint density at radius 3 is 2.29 bits per heavy atom. The van der Waals surface area contributed by atoms with Crippen molar-refractivity contribution in [1.29, 1.82) is 0 Å². The SMILES string of the molecule is CCC(Nc1ccccc1CN(C)C)c1ccc(C)cc1. The molecular weight excluding hydrogens is 256 g/mol. The number of para-hydroxylation sites is 1. The molecule has 0 aliphatic carbocycles. The number of hydrogen-bond donors (Lipinski definition) is 1. The standard InChI is InChI=1S/C19H26N2/c1-5-18(16-12-10-15(2)11-13-16)20-19-9-7-6-8-17(19)14-21(3)4/h6-13,18,20H,5,14H2,1-4H3. The second kappa shape index (κ2) is 7.28. The predicted molar refractivity (Wildman–Crippen MR) is 91.7 cm³/mol. The van der Waals surface area contributed by atoms with Gasteiger partial charge in [-0.3, -0.25) is 0 Å². The molecule has 0 heterocycles. The smallest absolute Gasteiger partial charge is 0.0511 e. The third kappa shape index (κ3) is 4.33. The van der Waals surface area contributed by atoms with Crippen LogP contribution < -0.4 is 5.32 Å². The summed E-state index contributed by atoms with van der Waals surface area (Å²) in [6, 6.07) is 17.8. The van der Waals surface area contributed by atoms with Crippen molar-refractivity contribution in [2.24, 2.45) is 0 Å². The summed E-state index contributed by atoms with van der Waals surface area (Å²) in [5.74, 6) is 0. The largest absolute Gasteiger partial charge is 0.378 e. The van der Waals surface area contributed by atoms with Gasteiger partial charge in [-0.2, -0.15) is 0 Å². The lowest BCUT2D eigenvalue weighted by Crippen LogP contribution is -2.15. The fraction of sp³-hybridized carbons (Fsp3) is 0.368. The van der Waals surface area contributed by atoms with E-state index in [0.29, 0.717) is 6.04 Å². The summed E-state index contributed by atoms with van der Waals surface area (Å²) in [7, 11) is 4.21. The van der Waals surface area contributed by atoms with Crippen molar-refractivity contribution in [1.82, 2.24) is 4.90 Å². The van der Waals surface area contributed by atoms with Crippen molar-refractivity contribution in [2.45, 2.75) is 32.9 Å². The summed E-state index contributed by atoms with van der Waals surface area (Å²) in [4.78, 5) is 2.20. The number of nitrogens with zero attached hydrogens (tertiary/aromatic N) is 1. The van der Waals surface area contributed by atoms with E-state index in [4.69, 9.17) is 0 Å². The molecule has 2 nitrogen and oxygen atoms in total. The summed E-state index contributed by atoms with van der Waals surface area (Å²) in [6.45, 7) is 5.31. The number of nitrogens with one attached hydrogen (secondary N) is 1. The maximum atomic E-state index is 3.71. The van der Waals surface area contributed by atoms with E-state index in [2.05, 4.69) is 86.7 Å². The van der Waals surface area contributed by atoms with E-state index in [1.54, 1.807) is 0 Å². The van der Waals surface area contributed by atoms with E-state index in [1.807, 2.05) is 0 Å². The first-order valence-electron chi connectivity index (χ1n) is 7.66. The number of anilines is 1. The quantitative estimate of drug-likeness (QED) is 0.831. The Kier molecular flexibility index (Phi) is 5.40. The fourth-order valence-electron chi connectivity index (χ4n) is 2.55. The van der Waals surface area contributed by atoms with Gasteiger partial charge in [-0.05, 0) is 44.6 Å². The topological polar surface area (TPSA) is 15.3 Å². The van der Waals surface area contributed by atoms with Crippen molar-refractivity contribution >= 4 is 5.69 Å². The molecule has 1 N–H and O–H groups in total. The molecule has 0 saturated carbocycles. The zero-order valence-electron chi connectivity index (χ0n) is 13.6. The Bertz CT molecular complexity index is 558. The Morgan fingerprint density at radius 2 is 1.67 bits per heavy atom. The highest BCUT2D eigenvalue weighted by molar-refractivity contribution is 5.52. The molecule has 0 amide bonds. The maximum Gasteiger partial charge on any atom is 0.0511 e. The lowest BCUT2D eigenvalue weighted by molar-refractivity contribution is 0.403. The molecule has 1 unspecified atom stereocenters. The minimum atomic E-state index is 0.355. The van der Waals surface area contributed by atoms with E-state index in [-0.39, 0.29) is 0 Å². The van der Waals surface area contributed by atoms with Gasteiger partial charge in [0.15, 0.2) is 0 Å². The van der Waals surface area contributed by atoms with E-state index < -0.39 is 0 Å². The lowest BCUT2D eigenvalue weighted by Gasteiger charge is -2.22. The van der Waals surface area contributed by atoms with Crippen LogP contribution in [0.15, 0.2) is 48.5 Å². The third-order valence-corrected chi connectivity index (χ3v) is 3.72. The highest BCUT2D eigenvalue weighted by atomic mass is 15.1. The fourth-order valence-corrected chi connectivity index (χ4v) is 2.55. The van der Waals surface area contributed by atoms with Crippen molar-refractivity contribution in [3.63, 3.8) is 0 Å². The second-order valence-corrected chi connectivity index (χ2v) is 5.91. The van der Waals surface area contributed by atoms with E-state index in [1.165, 1.54) is 22.4 Å². The molecule has 0 saturated heterocycles. The van der Waals surface area contributed by atoms with Crippen LogP contribution >= 0.6 is 0 Å². The predicted octanol–water partition coefficient (Wildman–Crippen LogP) is 4.62. The monoisotopic (exact) mass is 282 g/mol. The summed E-state index contributed by atoms with van der Waals surface area (Å²) in [5.41, 5.74) is 5.23. The zero-order valence-corrected chi connectivity index (χ0v) is 13.6. The molecular formula is C19H26N2. The van der Waals surface area contributed by atoms with Crippen LogP contribution in [0.2, 0.25) is 0 Å². The van der Waals surface area contributed by atoms with Gasteiger partial charge in [0.2, 0.25) is 0 Å². The highest BCUT2D eigenvalue weighted by Gasteiger charge is 2.11. The van der Waals surface area contributed by atoms with Crippen LogP contribution in [0.4, 0.5) is 5.69 Å². The minimum absolute atomic E-state index is 0.355. The third-order valence-electron chi connectivity index (χ3n) is 3.72. The molecule has 0 aliphatic rings. The summed E-state index contributed by atoms with van der Waals surface area (Å²) in [5, 5.41) is 3.71. The Hall–Kier alpha value is -1.80. The molecule has 21 heavy (non-hydrogen) atoms. The van der Waals surface area contributed by atoms with Crippen LogP contribution in [0.5, 0.6) is 0 Å². The van der Waals surface area contributed by atoms with Gasteiger partial charge < -0.3 is 10.2 Å². The first-order valence-corrected chi connectivity index (χ1v) is 7.66. The highest BCUT2D eigenvalue weighted by Crippen LogP contribution is 2.25. The molecule has 0 bridgehead atoms. The van der Waals surface area contributed by atoms with Gasteiger partial charge in [-0.15, -0.1) is 0 Å². The molecule has 0 radical (unpaired) electrons. The molecule has 2 aromatic carbocycles. The Balaban J connectivity index is 2.20. The van der Waals surface area contributed by atoms with Crippen molar-refractivity contribution in [3.05, 3.63) is 65.2 Å². The average molecular weight is 282 g/mol. The van der Waals surface area contributed by atoms with Crippen LogP contribution in [-0.2, 0) is 6.54 Å². The van der Waals surface area contributed by atoms with E-state index in [9.17, 15) is 0 Å². The first-order chi connectivity index (χ1) is 10.1. The Labute approximate surface area is 128 Å². The number of rotatable bonds is 6. The normalized spacial score (nSPS) is 12.4. The van der Waals surface area contributed by atoms with Gasteiger partial charge in [0.1, 0.15) is 0 Å². The first kappa shape index (κ1) is 15.6. The molecule has 1 atom stereocenters. The molecule has 0 aromatic heterocycles. The molecule has 2 rings (SSSR count). The summed E-state index contributed by atoms with van der Waals surface area (Å²) in [6.07, 6.45) is 1.07. The molecule has 0 spiro atoms. The lowest BCUT2D eigenvalue weighted by atomic mass is 10.0. The maximum absolute atomic E-state index is 3.71. The van der Waals surface area contributed by atoms with Gasteiger partial charge in [0.25, 0.3) is 0 Å². The van der Waals surface area contributed by atoms with Crippen LogP contribution in [0.3, 0.4) is 0 Å². The minimum Gasteiger partial charge on any atom is -0.378 e. The van der Waals surface area contributed by atoms with E-state index in [0.717, 1.165) is 13.0 Å². The molecule has 0 aliphatic heterocycles. The molecule has 2 aromatic rings. The van der Waals surface area contributed by atoms with Crippen LogP contribution in [0, 0.1) is 6.92 Å². The van der Waals surface area contributed by atoms with Crippen LogP contribution in [0.25, 0.3) is 0 Å².